The van der Waals surface area contributed by atoms with E-state index in [9.17, 15) is 10.2 Å². The molecule has 174 valence electrons. The van der Waals surface area contributed by atoms with Gasteiger partial charge in [0.2, 0.25) is 0 Å². The van der Waals surface area contributed by atoms with Gasteiger partial charge in [0.05, 0.1) is 44.6 Å². The first-order valence-corrected chi connectivity index (χ1v) is 10.7. The molecule has 3 aromatic carbocycles. The second-order valence-electron chi connectivity index (χ2n) is 7.61. The van der Waals surface area contributed by atoms with Gasteiger partial charge in [-0.3, -0.25) is 4.98 Å². The van der Waals surface area contributed by atoms with Gasteiger partial charge in [0.25, 0.3) is 0 Å². The molecule has 0 bridgehead atoms. The van der Waals surface area contributed by atoms with E-state index in [4.69, 9.17) is 19.2 Å². The van der Waals surface area contributed by atoms with E-state index in [-0.39, 0.29) is 11.4 Å². The van der Waals surface area contributed by atoms with Gasteiger partial charge in [-0.05, 0) is 59.7 Å². The zero-order valence-electron chi connectivity index (χ0n) is 19.2. The number of nitrogens with zero attached hydrogens (tertiary/aromatic N) is 2. The van der Waals surface area contributed by atoms with Crippen LogP contribution in [0.3, 0.4) is 0 Å². The molecule has 0 amide bonds. The summed E-state index contributed by atoms with van der Waals surface area (Å²) in [7, 11) is 4.77. The van der Waals surface area contributed by atoms with Crippen molar-refractivity contribution in [3.63, 3.8) is 0 Å². The van der Waals surface area contributed by atoms with Gasteiger partial charge in [0, 0.05) is 5.56 Å². The van der Waals surface area contributed by atoms with Crippen molar-refractivity contribution in [1.29, 1.82) is 0 Å². The predicted octanol–water partition coefficient (Wildman–Crippen LogP) is 4.33. The molecule has 0 radical (unpaired) electrons. The lowest BCUT2D eigenvalue weighted by Gasteiger charge is -2.19. The topological polar surface area (TPSA) is 93.9 Å². The molecule has 2 atom stereocenters. The van der Waals surface area contributed by atoms with Crippen molar-refractivity contribution in [1.82, 2.24) is 9.97 Å². The van der Waals surface area contributed by atoms with E-state index in [1.165, 1.54) is 0 Å². The Kier molecular flexibility index (Phi) is 7.06. The summed E-state index contributed by atoms with van der Waals surface area (Å²) in [5.74, 6) is 2.07. The molecule has 0 spiro atoms. The molecule has 7 nitrogen and oxygen atoms in total. The Morgan fingerprint density at radius 3 is 1.44 bits per heavy atom. The highest BCUT2D eigenvalue weighted by atomic mass is 16.5. The number of methoxy groups -OCH3 is 3. The van der Waals surface area contributed by atoms with Gasteiger partial charge in [-0.25, -0.2) is 4.98 Å². The van der Waals surface area contributed by atoms with E-state index in [1.54, 1.807) is 76.1 Å². The molecule has 7 heteroatoms. The molecule has 0 aliphatic heterocycles. The number of aliphatic hydroxyl groups excluding tert-OH is 2. The molecule has 2 unspecified atom stereocenters. The Morgan fingerprint density at radius 2 is 1.00 bits per heavy atom. The van der Waals surface area contributed by atoms with Crippen molar-refractivity contribution in [2.45, 2.75) is 12.2 Å². The van der Waals surface area contributed by atoms with Crippen LogP contribution in [0.25, 0.3) is 11.3 Å². The maximum absolute atomic E-state index is 11.3. The van der Waals surface area contributed by atoms with Crippen LogP contribution in [-0.2, 0) is 0 Å². The lowest BCUT2D eigenvalue weighted by molar-refractivity contribution is 0.188. The van der Waals surface area contributed by atoms with E-state index in [2.05, 4.69) is 4.98 Å². The van der Waals surface area contributed by atoms with Crippen molar-refractivity contribution in [2.75, 3.05) is 21.3 Å². The van der Waals surface area contributed by atoms with E-state index >= 15 is 0 Å². The summed E-state index contributed by atoms with van der Waals surface area (Å²) in [6.07, 6.45) is -0.612. The zero-order chi connectivity index (χ0) is 24.1. The minimum Gasteiger partial charge on any atom is -0.497 e. The van der Waals surface area contributed by atoms with E-state index in [1.807, 2.05) is 24.3 Å². The Bertz CT molecular complexity index is 1230. The van der Waals surface area contributed by atoms with Gasteiger partial charge >= 0.3 is 0 Å². The van der Waals surface area contributed by atoms with Gasteiger partial charge < -0.3 is 24.4 Å². The number of hydrogen-bond donors (Lipinski definition) is 2. The van der Waals surface area contributed by atoms with Gasteiger partial charge in [0.15, 0.2) is 0 Å². The molecule has 0 aliphatic carbocycles. The normalized spacial score (nSPS) is 12.6. The van der Waals surface area contributed by atoms with Crippen LogP contribution in [0, 0.1) is 0 Å². The van der Waals surface area contributed by atoms with E-state index < -0.39 is 12.2 Å². The molecular weight excluding hydrogens is 432 g/mol. The smallest absolute Gasteiger partial charge is 0.123 e. The maximum Gasteiger partial charge on any atom is 0.123 e. The standard InChI is InChI=1S/C27H26N2O5/c1-32-20-10-4-17(5-11-20)23-16-28-24(26(30)18-6-12-21(33-2)13-7-18)25(29-23)27(31)19-8-14-22(34-3)15-9-19/h4-16,26-27,30-31H,1-3H3. The second kappa shape index (κ2) is 10.3. The molecular formula is C27H26N2O5. The van der Waals surface area contributed by atoms with Crippen LogP contribution in [0.5, 0.6) is 17.2 Å². The molecule has 0 saturated carbocycles. The average molecular weight is 459 g/mol. The van der Waals surface area contributed by atoms with Gasteiger partial charge in [-0.1, -0.05) is 24.3 Å². The molecule has 0 saturated heterocycles. The van der Waals surface area contributed by atoms with Gasteiger partial charge in [0.1, 0.15) is 29.5 Å². The van der Waals surface area contributed by atoms with Crippen LogP contribution >= 0.6 is 0 Å². The summed E-state index contributed by atoms with van der Waals surface area (Å²) < 4.78 is 15.7. The van der Waals surface area contributed by atoms with Crippen LogP contribution in [-0.4, -0.2) is 41.5 Å². The highest BCUT2D eigenvalue weighted by molar-refractivity contribution is 5.60. The highest BCUT2D eigenvalue weighted by Gasteiger charge is 2.25. The summed E-state index contributed by atoms with van der Waals surface area (Å²) >= 11 is 0. The number of benzene rings is 3. The molecule has 34 heavy (non-hydrogen) atoms. The van der Waals surface area contributed by atoms with Crippen molar-refractivity contribution >= 4 is 0 Å². The van der Waals surface area contributed by atoms with Crippen LogP contribution < -0.4 is 14.2 Å². The lowest BCUT2D eigenvalue weighted by atomic mass is 9.98. The second-order valence-corrected chi connectivity index (χ2v) is 7.61. The van der Waals surface area contributed by atoms with Gasteiger partial charge in [-0.15, -0.1) is 0 Å². The first-order valence-electron chi connectivity index (χ1n) is 10.7. The van der Waals surface area contributed by atoms with Crippen LogP contribution in [0.4, 0.5) is 0 Å². The van der Waals surface area contributed by atoms with Crippen molar-refractivity contribution in [3.8, 4) is 28.5 Å². The molecule has 2 N–H and O–H groups in total. The number of aliphatic hydroxyl groups is 2. The Morgan fingerprint density at radius 1 is 0.588 bits per heavy atom. The zero-order valence-corrected chi connectivity index (χ0v) is 19.2. The Hall–Kier alpha value is -3.94. The van der Waals surface area contributed by atoms with Crippen LogP contribution in [0.2, 0.25) is 0 Å². The fourth-order valence-corrected chi connectivity index (χ4v) is 3.61. The third-order valence-electron chi connectivity index (χ3n) is 5.60. The van der Waals surface area contributed by atoms with E-state index in [0.29, 0.717) is 28.3 Å². The minimum absolute atomic E-state index is 0.266. The fraction of sp³-hybridized carbons (Fsp3) is 0.185. The molecule has 1 heterocycles. The third kappa shape index (κ3) is 4.85. The number of ether oxygens (including phenoxy) is 3. The minimum atomic E-state index is -1.11. The van der Waals surface area contributed by atoms with Crippen molar-refractivity contribution < 1.29 is 24.4 Å². The summed E-state index contributed by atoms with van der Waals surface area (Å²) in [6, 6.07) is 21.5. The third-order valence-corrected chi connectivity index (χ3v) is 5.60. The quantitative estimate of drug-likeness (QED) is 0.406. The summed E-state index contributed by atoms with van der Waals surface area (Å²) in [5.41, 5.74) is 3.12. The number of hydrogen-bond acceptors (Lipinski definition) is 7. The maximum atomic E-state index is 11.3. The highest BCUT2D eigenvalue weighted by Crippen LogP contribution is 2.32. The van der Waals surface area contributed by atoms with E-state index in [0.717, 1.165) is 11.3 Å². The summed E-state index contributed by atoms with van der Waals surface area (Å²) in [4.78, 5) is 9.27. The average Bonchev–Trinajstić information content (AvgIpc) is 2.92. The van der Waals surface area contributed by atoms with Crippen LogP contribution in [0.15, 0.2) is 79.0 Å². The number of aromatic nitrogens is 2. The fourth-order valence-electron chi connectivity index (χ4n) is 3.61. The molecule has 1 aromatic heterocycles. The Labute approximate surface area is 198 Å². The number of rotatable bonds is 8. The van der Waals surface area contributed by atoms with Gasteiger partial charge in [-0.2, -0.15) is 0 Å². The largest absolute Gasteiger partial charge is 0.497 e. The molecule has 4 rings (SSSR count). The van der Waals surface area contributed by atoms with Crippen molar-refractivity contribution in [3.05, 3.63) is 102 Å². The lowest BCUT2D eigenvalue weighted by Crippen LogP contribution is -2.14. The molecule has 0 aliphatic rings. The predicted molar refractivity (Wildman–Crippen MR) is 128 cm³/mol. The summed E-state index contributed by atoms with van der Waals surface area (Å²) in [6.45, 7) is 0. The first kappa shape index (κ1) is 23.2. The Balaban J connectivity index is 1.78. The monoisotopic (exact) mass is 458 g/mol. The molecule has 4 aromatic rings. The summed E-state index contributed by atoms with van der Waals surface area (Å²) in [5, 5.41) is 22.4. The SMILES string of the molecule is COc1ccc(-c2cnc(C(O)c3ccc(OC)cc3)c(C(O)c3ccc(OC)cc3)n2)cc1. The van der Waals surface area contributed by atoms with Crippen LogP contribution in [0.1, 0.15) is 34.7 Å². The molecule has 0 fully saturated rings. The first-order chi connectivity index (χ1) is 16.5. The van der Waals surface area contributed by atoms with Crippen molar-refractivity contribution in [2.24, 2.45) is 0 Å².